The molecular formula is C14H21N. The van der Waals surface area contributed by atoms with Gasteiger partial charge in [-0.2, -0.15) is 5.26 Å². The zero-order chi connectivity index (χ0) is 10.7. The number of rotatable bonds is 1. The highest BCUT2D eigenvalue weighted by Gasteiger charge is 2.59. The molecule has 4 aliphatic carbocycles. The molecule has 4 aliphatic rings. The summed E-state index contributed by atoms with van der Waals surface area (Å²) in [7, 11) is 0. The average Bonchev–Trinajstić information content (AvgIpc) is 2.25. The third-order valence-corrected chi connectivity index (χ3v) is 6.05. The van der Waals surface area contributed by atoms with Crippen LogP contribution >= 0.6 is 0 Å². The molecule has 0 aliphatic heterocycles. The smallest absolute Gasteiger partial charge is 0.0690 e. The van der Waals surface area contributed by atoms with Crippen LogP contribution in [0.25, 0.3) is 0 Å². The van der Waals surface area contributed by atoms with E-state index in [0.29, 0.717) is 5.41 Å². The molecule has 0 aromatic carbocycles. The van der Waals surface area contributed by atoms with Crippen LogP contribution in [0.3, 0.4) is 0 Å². The summed E-state index contributed by atoms with van der Waals surface area (Å²) < 4.78 is 0. The number of nitriles is 1. The van der Waals surface area contributed by atoms with Crippen molar-refractivity contribution in [3.05, 3.63) is 0 Å². The van der Waals surface area contributed by atoms with Crippen molar-refractivity contribution < 1.29 is 0 Å². The van der Waals surface area contributed by atoms with E-state index in [-0.39, 0.29) is 5.41 Å². The lowest BCUT2D eigenvalue weighted by molar-refractivity contribution is -0.125. The van der Waals surface area contributed by atoms with E-state index >= 15 is 0 Å². The molecule has 4 bridgehead atoms. The van der Waals surface area contributed by atoms with Gasteiger partial charge in [0.1, 0.15) is 0 Å². The Morgan fingerprint density at radius 3 is 2.27 bits per heavy atom. The molecule has 0 aromatic rings. The fourth-order valence-corrected chi connectivity index (χ4v) is 5.03. The maximum atomic E-state index is 9.42. The van der Waals surface area contributed by atoms with Crippen LogP contribution < -0.4 is 0 Å². The first-order valence-electron chi connectivity index (χ1n) is 6.53. The Morgan fingerprint density at radius 1 is 1.20 bits per heavy atom. The molecule has 0 aromatic heterocycles. The lowest BCUT2D eigenvalue weighted by Gasteiger charge is -2.62. The van der Waals surface area contributed by atoms with Crippen molar-refractivity contribution in [2.24, 2.45) is 28.6 Å². The minimum Gasteiger partial charge on any atom is -0.198 e. The second kappa shape index (κ2) is 2.78. The summed E-state index contributed by atoms with van der Waals surface area (Å²) >= 11 is 0. The van der Waals surface area contributed by atoms with E-state index in [1.165, 1.54) is 38.5 Å². The highest BCUT2D eigenvalue weighted by molar-refractivity contribution is 5.15. The second-order valence-electron chi connectivity index (χ2n) is 6.60. The van der Waals surface area contributed by atoms with Crippen molar-refractivity contribution in [3.63, 3.8) is 0 Å². The Labute approximate surface area is 92.9 Å². The standard InChI is InChI=1S/C14H21N/c1-3-13(2)11-4-10-5-12(13)8-14(6-10,7-11)9-15/h10-12H,3-8H2,1-2H3. The summed E-state index contributed by atoms with van der Waals surface area (Å²) in [5.74, 6) is 2.60. The molecule has 0 radical (unpaired) electrons. The van der Waals surface area contributed by atoms with Crippen LogP contribution in [-0.2, 0) is 0 Å². The lowest BCUT2D eigenvalue weighted by atomic mass is 9.41. The SMILES string of the molecule is CCC1(C)C2CC3CC1CC(C#N)(C3)C2. The van der Waals surface area contributed by atoms with Crippen LogP contribution in [0, 0.1) is 39.9 Å². The Bertz CT molecular complexity index is 309. The van der Waals surface area contributed by atoms with Crippen molar-refractivity contribution in [1.29, 1.82) is 5.26 Å². The molecule has 0 saturated heterocycles. The van der Waals surface area contributed by atoms with Gasteiger partial charge in [0.25, 0.3) is 0 Å². The van der Waals surface area contributed by atoms with Crippen molar-refractivity contribution in [2.75, 3.05) is 0 Å². The predicted octanol–water partition coefficient (Wildman–Crippen LogP) is 3.75. The number of hydrogen-bond donors (Lipinski definition) is 0. The molecule has 0 amide bonds. The van der Waals surface area contributed by atoms with Crippen molar-refractivity contribution in [2.45, 2.75) is 52.4 Å². The van der Waals surface area contributed by atoms with Gasteiger partial charge in [-0.25, -0.2) is 0 Å². The summed E-state index contributed by atoms with van der Waals surface area (Å²) in [5.41, 5.74) is 0.669. The Balaban J connectivity index is 1.99. The topological polar surface area (TPSA) is 23.8 Å². The van der Waals surface area contributed by atoms with Crippen LogP contribution in [0.1, 0.15) is 52.4 Å². The fraction of sp³-hybridized carbons (Fsp3) is 0.929. The zero-order valence-corrected chi connectivity index (χ0v) is 9.92. The van der Waals surface area contributed by atoms with Crippen LogP contribution in [-0.4, -0.2) is 0 Å². The van der Waals surface area contributed by atoms with Crippen molar-refractivity contribution in [3.8, 4) is 6.07 Å². The van der Waals surface area contributed by atoms with Crippen molar-refractivity contribution in [1.82, 2.24) is 0 Å². The third kappa shape index (κ3) is 1.09. The molecule has 1 nitrogen and oxygen atoms in total. The minimum atomic E-state index is 0.102. The largest absolute Gasteiger partial charge is 0.198 e. The van der Waals surface area contributed by atoms with E-state index in [1.807, 2.05) is 0 Å². The lowest BCUT2D eigenvalue weighted by Crippen LogP contribution is -2.55. The molecule has 2 atom stereocenters. The Kier molecular flexibility index (Phi) is 1.80. The van der Waals surface area contributed by atoms with E-state index in [4.69, 9.17) is 0 Å². The molecule has 0 heterocycles. The third-order valence-electron chi connectivity index (χ3n) is 6.05. The van der Waals surface area contributed by atoms with Gasteiger partial charge in [-0.1, -0.05) is 20.3 Å². The zero-order valence-electron chi connectivity index (χ0n) is 9.92. The summed E-state index contributed by atoms with van der Waals surface area (Å²) in [6.45, 7) is 4.84. The van der Waals surface area contributed by atoms with Crippen molar-refractivity contribution >= 4 is 0 Å². The van der Waals surface area contributed by atoms with Crippen LogP contribution in [0.15, 0.2) is 0 Å². The van der Waals surface area contributed by atoms with Gasteiger partial charge in [0.05, 0.1) is 11.5 Å². The van der Waals surface area contributed by atoms with Crippen LogP contribution in [0.4, 0.5) is 0 Å². The molecule has 1 heteroatoms. The highest BCUT2D eigenvalue weighted by Crippen LogP contribution is 2.67. The fourth-order valence-electron chi connectivity index (χ4n) is 5.03. The molecule has 4 rings (SSSR count). The summed E-state index contributed by atoms with van der Waals surface area (Å²) in [5, 5.41) is 9.42. The average molecular weight is 203 g/mol. The van der Waals surface area contributed by atoms with Gasteiger partial charge in [0, 0.05) is 0 Å². The Hall–Kier alpha value is -0.510. The van der Waals surface area contributed by atoms with Gasteiger partial charge < -0.3 is 0 Å². The minimum absolute atomic E-state index is 0.102. The molecule has 4 saturated carbocycles. The molecule has 82 valence electrons. The molecule has 15 heavy (non-hydrogen) atoms. The van der Waals surface area contributed by atoms with E-state index in [2.05, 4.69) is 19.9 Å². The second-order valence-corrected chi connectivity index (χ2v) is 6.60. The van der Waals surface area contributed by atoms with Gasteiger partial charge in [0.15, 0.2) is 0 Å². The van der Waals surface area contributed by atoms with Gasteiger partial charge in [0.2, 0.25) is 0 Å². The maximum Gasteiger partial charge on any atom is 0.0690 e. The molecule has 4 fully saturated rings. The van der Waals surface area contributed by atoms with E-state index < -0.39 is 0 Å². The first-order chi connectivity index (χ1) is 7.12. The first-order valence-corrected chi connectivity index (χ1v) is 6.53. The monoisotopic (exact) mass is 203 g/mol. The molecule has 0 N–H and O–H groups in total. The highest BCUT2D eigenvalue weighted by atomic mass is 14.6. The van der Waals surface area contributed by atoms with Gasteiger partial charge in [-0.3, -0.25) is 0 Å². The summed E-state index contributed by atoms with van der Waals surface area (Å²) in [6, 6.07) is 2.67. The van der Waals surface area contributed by atoms with E-state index in [1.54, 1.807) is 0 Å². The predicted molar refractivity (Wildman–Crippen MR) is 60.0 cm³/mol. The van der Waals surface area contributed by atoms with Gasteiger partial charge in [-0.05, 0) is 55.3 Å². The summed E-state index contributed by atoms with van der Waals surface area (Å²) in [6.07, 6.45) is 7.79. The Morgan fingerprint density at radius 2 is 1.80 bits per heavy atom. The summed E-state index contributed by atoms with van der Waals surface area (Å²) in [4.78, 5) is 0. The normalized spacial score (nSPS) is 56.7. The van der Waals surface area contributed by atoms with E-state index in [9.17, 15) is 5.26 Å². The van der Waals surface area contributed by atoms with Gasteiger partial charge >= 0.3 is 0 Å². The first kappa shape index (κ1) is 9.70. The molecule has 0 spiro atoms. The maximum absolute atomic E-state index is 9.42. The number of nitrogens with zero attached hydrogens (tertiary/aromatic N) is 1. The van der Waals surface area contributed by atoms with E-state index in [0.717, 1.165) is 17.8 Å². The van der Waals surface area contributed by atoms with Crippen LogP contribution in [0.2, 0.25) is 0 Å². The van der Waals surface area contributed by atoms with Gasteiger partial charge in [-0.15, -0.1) is 0 Å². The molecule has 2 unspecified atom stereocenters. The number of hydrogen-bond acceptors (Lipinski definition) is 1. The molecular weight excluding hydrogens is 182 g/mol. The van der Waals surface area contributed by atoms with Crippen LogP contribution in [0.5, 0.6) is 0 Å². The quantitative estimate of drug-likeness (QED) is 0.636.